The van der Waals surface area contributed by atoms with E-state index < -0.39 is 23.7 Å². The largest absolute Gasteiger partial charge is 0.507 e. The van der Waals surface area contributed by atoms with Crippen molar-refractivity contribution >= 4 is 39.9 Å². The molecule has 1 N–H and O–H groups in total. The number of hydrogen-bond donors (Lipinski definition) is 1. The molecule has 41 heavy (non-hydrogen) atoms. The molecular formula is C30H30N2O8S. The summed E-state index contributed by atoms with van der Waals surface area (Å²) in [7, 11) is 1.26. The lowest BCUT2D eigenvalue weighted by molar-refractivity contribution is -0.132. The molecule has 0 bridgehead atoms. The van der Waals surface area contributed by atoms with Crippen molar-refractivity contribution in [2.24, 2.45) is 0 Å². The van der Waals surface area contributed by atoms with Crippen LogP contribution in [0.3, 0.4) is 0 Å². The van der Waals surface area contributed by atoms with Crippen molar-refractivity contribution in [2.75, 3.05) is 31.8 Å². The molecule has 0 aliphatic carbocycles. The number of unbranched alkanes of at least 4 members (excludes halogenated alkanes) is 2. The number of methoxy groups -OCH3 is 1. The second kappa shape index (κ2) is 12.0. The van der Waals surface area contributed by atoms with E-state index >= 15 is 0 Å². The standard InChI is InChI=1S/C30H30N2O8S/c1-4-5-6-12-38-20-9-7-8-18(15-20)24-23(25(33)19-10-11-21-22(16-19)40-14-13-39-21)26(34)28(35)32(24)30-31-17(2)27(41-30)29(36)37-3/h7-11,15-16,24,33H,4-6,12-14H2,1-3H3/t24-/m0/s1. The Labute approximate surface area is 241 Å². The molecule has 1 amide bonds. The third-order valence-electron chi connectivity index (χ3n) is 6.81. The monoisotopic (exact) mass is 578 g/mol. The van der Waals surface area contributed by atoms with Crippen LogP contribution < -0.4 is 19.1 Å². The number of rotatable bonds is 9. The van der Waals surface area contributed by atoms with E-state index in [9.17, 15) is 19.5 Å². The minimum Gasteiger partial charge on any atom is -0.507 e. The van der Waals surface area contributed by atoms with E-state index in [0.29, 0.717) is 48.3 Å². The molecule has 214 valence electrons. The van der Waals surface area contributed by atoms with Gasteiger partial charge in [-0.05, 0) is 49.2 Å². The van der Waals surface area contributed by atoms with Gasteiger partial charge in [0.1, 0.15) is 29.6 Å². The summed E-state index contributed by atoms with van der Waals surface area (Å²) >= 11 is 0.941. The number of esters is 1. The fourth-order valence-electron chi connectivity index (χ4n) is 4.78. The Kier molecular flexibility index (Phi) is 8.25. The quantitative estimate of drug-likeness (QED) is 0.120. The number of anilines is 1. The SMILES string of the molecule is CCCCCOc1cccc([C@H]2C(=C(O)c3ccc4c(c3)OCCO4)C(=O)C(=O)N2c2nc(C)c(C(=O)OC)s2)c1. The first kappa shape index (κ1) is 28.2. The predicted molar refractivity (Wildman–Crippen MR) is 152 cm³/mol. The summed E-state index contributed by atoms with van der Waals surface area (Å²) in [5, 5.41) is 11.7. The number of ether oxygens (including phenoxy) is 4. The minimum atomic E-state index is -1.04. The maximum Gasteiger partial charge on any atom is 0.350 e. The van der Waals surface area contributed by atoms with Gasteiger partial charge in [0.05, 0.1) is 31.0 Å². The molecule has 2 aromatic carbocycles. The maximum atomic E-state index is 13.6. The fourth-order valence-corrected chi connectivity index (χ4v) is 5.79. The van der Waals surface area contributed by atoms with Gasteiger partial charge in [0.15, 0.2) is 16.6 Å². The third-order valence-corrected chi connectivity index (χ3v) is 7.95. The molecule has 1 fully saturated rings. The molecule has 3 heterocycles. The van der Waals surface area contributed by atoms with E-state index in [1.807, 2.05) is 0 Å². The Bertz CT molecular complexity index is 1530. The molecule has 3 aromatic rings. The third kappa shape index (κ3) is 5.49. The average Bonchev–Trinajstić information content (AvgIpc) is 3.50. The molecule has 2 aliphatic heterocycles. The summed E-state index contributed by atoms with van der Waals surface area (Å²) in [5.41, 5.74) is 1.05. The molecule has 0 saturated carbocycles. The Morgan fingerprint density at radius 1 is 1.12 bits per heavy atom. The van der Waals surface area contributed by atoms with E-state index in [2.05, 4.69) is 11.9 Å². The first-order valence-electron chi connectivity index (χ1n) is 13.3. The number of Topliss-reactive ketones (excluding diaryl/α,β-unsaturated/α-hetero) is 1. The second-order valence-corrected chi connectivity index (χ2v) is 10.5. The van der Waals surface area contributed by atoms with Gasteiger partial charge in [0.2, 0.25) is 0 Å². The van der Waals surface area contributed by atoms with E-state index in [0.717, 1.165) is 30.6 Å². The smallest absolute Gasteiger partial charge is 0.350 e. The number of aromatic nitrogens is 1. The molecule has 10 nitrogen and oxygen atoms in total. The van der Waals surface area contributed by atoms with Gasteiger partial charge in [-0.3, -0.25) is 14.5 Å². The molecule has 11 heteroatoms. The van der Waals surface area contributed by atoms with Crippen LogP contribution in [0.4, 0.5) is 5.13 Å². The van der Waals surface area contributed by atoms with Crippen molar-refractivity contribution in [1.82, 2.24) is 4.98 Å². The zero-order valence-electron chi connectivity index (χ0n) is 23.0. The summed E-state index contributed by atoms with van der Waals surface area (Å²) in [6.07, 6.45) is 2.97. The van der Waals surface area contributed by atoms with Crippen LogP contribution in [0.15, 0.2) is 48.0 Å². The number of carbonyl (C=O) groups is 3. The number of aliphatic hydroxyl groups excluding tert-OH is 1. The Hall–Kier alpha value is -4.38. The zero-order valence-corrected chi connectivity index (χ0v) is 23.8. The Morgan fingerprint density at radius 3 is 2.66 bits per heavy atom. The topological polar surface area (TPSA) is 124 Å². The van der Waals surface area contributed by atoms with Gasteiger partial charge in [-0.2, -0.15) is 0 Å². The molecule has 1 atom stereocenters. The maximum absolute atomic E-state index is 13.6. The summed E-state index contributed by atoms with van der Waals surface area (Å²) < 4.78 is 22.0. The number of benzene rings is 2. The van der Waals surface area contributed by atoms with Crippen LogP contribution in [-0.4, -0.2) is 54.7 Å². The van der Waals surface area contributed by atoms with Crippen LogP contribution in [0.1, 0.15) is 58.7 Å². The lowest BCUT2D eigenvalue weighted by Gasteiger charge is -2.24. The van der Waals surface area contributed by atoms with Gasteiger partial charge in [0.25, 0.3) is 5.78 Å². The highest BCUT2D eigenvalue weighted by atomic mass is 32.1. The molecule has 5 rings (SSSR count). The van der Waals surface area contributed by atoms with Crippen LogP contribution in [0.25, 0.3) is 5.76 Å². The van der Waals surface area contributed by atoms with Crippen molar-refractivity contribution < 1.29 is 38.4 Å². The van der Waals surface area contributed by atoms with E-state index in [4.69, 9.17) is 18.9 Å². The molecule has 2 aliphatic rings. The van der Waals surface area contributed by atoms with Crippen LogP contribution >= 0.6 is 11.3 Å². The normalized spacial score (nSPS) is 17.5. The number of thiazole rings is 1. The van der Waals surface area contributed by atoms with Gasteiger partial charge in [-0.25, -0.2) is 9.78 Å². The number of aliphatic hydroxyl groups is 1. The first-order valence-corrected chi connectivity index (χ1v) is 14.1. The van der Waals surface area contributed by atoms with Crippen molar-refractivity contribution in [1.29, 1.82) is 0 Å². The van der Waals surface area contributed by atoms with Gasteiger partial charge in [-0.1, -0.05) is 43.2 Å². The van der Waals surface area contributed by atoms with Crippen molar-refractivity contribution in [3.8, 4) is 17.2 Å². The minimum absolute atomic E-state index is 0.123. The predicted octanol–water partition coefficient (Wildman–Crippen LogP) is 5.20. The molecule has 0 spiro atoms. The number of hydrogen-bond acceptors (Lipinski definition) is 10. The zero-order chi connectivity index (χ0) is 29.1. The number of fused-ring (bicyclic) bond motifs is 1. The van der Waals surface area contributed by atoms with E-state index in [-0.39, 0.29) is 26.9 Å². The summed E-state index contributed by atoms with van der Waals surface area (Å²) in [6.45, 7) is 5.00. The molecular weight excluding hydrogens is 548 g/mol. The summed E-state index contributed by atoms with van der Waals surface area (Å²) in [5.74, 6) is -1.23. The number of carbonyl (C=O) groups excluding carboxylic acids is 3. The van der Waals surface area contributed by atoms with Crippen molar-refractivity contribution in [2.45, 2.75) is 39.2 Å². The van der Waals surface area contributed by atoms with Gasteiger partial charge in [0, 0.05) is 5.56 Å². The molecule has 0 radical (unpaired) electrons. The second-order valence-electron chi connectivity index (χ2n) is 9.56. The Balaban J connectivity index is 1.63. The van der Waals surface area contributed by atoms with E-state index in [1.54, 1.807) is 49.4 Å². The van der Waals surface area contributed by atoms with Crippen LogP contribution in [0.2, 0.25) is 0 Å². The molecule has 1 aromatic heterocycles. The number of amides is 1. The van der Waals surface area contributed by atoms with Crippen LogP contribution in [0.5, 0.6) is 17.2 Å². The number of aryl methyl sites for hydroxylation is 1. The summed E-state index contributed by atoms with van der Waals surface area (Å²) in [6, 6.07) is 10.8. The van der Waals surface area contributed by atoms with Crippen molar-refractivity contribution in [3.05, 3.63) is 69.7 Å². The lowest BCUT2D eigenvalue weighted by Crippen LogP contribution is -2.29. The average molecular weight is 579 g/mol. The molecule has 0 unspecified atom stereocenters. The highest BCUT2D eigenvalue weighted by Crippen LogP contribution is 2.45. The van der Waals surface area contributed by atoms with Crippen molar-refractivity contribution in [3.63, 3.8) is 0 Å². The lowest BCUT2D eigenvalue weighted by atomic mass is 9.95. The van der Waals surface area contributed by atoms with E-state index in [1.165, 1.54) is 12.0 Å². The van der Waals surface area contributed by atoms with Gasteiger partial charge < -0.3 is 24.1 Å². The highest BCUT2D eigenvalue weighted by molar-refractivity contribution is 7.17. The van der Waals surface area contributed by atoms with Gasteiger partial charge >= 0.3 is 11.9 Å². The number of nitrogens with zero attached hydrogens (tertiary/aromatic N) is 2. The number of ketones is 1. The summed E-state index contributed by atoms with van der Waals surface area (Å²) in [4.78, 5) is 45.3. The molecule has 1 saturated heterocycles. The van der Waals surface area contributed by atoms with Crippen LogP contribution in [0, 0.1) is 6.92 Å². The fraction of sp³-hybridized carbons (Fsp3) is 0.333. The van der Waals surface area contributed by atoms with Crippen LogP contribution in [-0.2, 0) is 14.3 Å². The Morgan fingerprint density at radius 2 is 1.90 bits per heavy atom. The van der Waals surface area contributed by atoms with Gasteiger partial charge in [-0.15, -0.1) is 0 Å². The highest BCUT2D eigenvalue weighted by Gasteiger charge is 2.48. The first-order chi connectivity index (χ1) is 19.8.